The number of rotatable bonds is 2. The second-order valence-corrected chi connectivity index (χ2v) is 3.43. The van der Waals surface area contributed by atoms with E-state index in [2.05, 4.69) is 14.7 Å². The molecule has 4 nitrogen and oxygen atoms in total. The van der Waals surface area contributed by atoms with E-state index >= 15 is 0 Å². The van der Waals surface area contributed by atoms with Gasteiger partial charge in [0, 0.05) is 11.5 Å². The SMILES string of the molecule is O=COc1cnc2cc(Cl)nc(Cl)c2c1. The van der Waals surface area contributed by atoms with Crippen LogP contribution in [0.1, 0.15) is 0 Å². The summed E-state index contributed by atoms with van der Waals surface area (Å²) < 4.78 is 4.64. The van der Waals surface area contributed by atoms with Gasteiger partial charge in [0.15, 0.2) is 0 Å². The van der Waals surface area contributed by atoms with Gasteiger partial charge in [-0.2, -0.15) is 0 Å². The number of fused-ring (bicyclic) bond motifs is 1. The van der Waals surface area contributed by atoms with E-state index in [1.165, 1.54) is 6.20 Å². The lowest BCUT2D eigenvalue weighted by atomic mass is 10.3. The quantitative estimate of drug-likeness (QED) is 0.600. The standard InChI is InChI=1S/C9H4Cl2N2O2/c10-8-2-7-6(9(11)13-8)1-5(3-12-7)15-4-14/h1-4H. The monoisotopic (exact) mass is 242 g/mol. The van der Waals surface area contributed by atoms with E-state index in [1.54, 1.807) is 12.1 Å². The van der Waals surface area contributed by atoms with Crippen molar-refractivity contribution in [2.24, 2.45) is 0 Å². The van der Waals surface area contributed by atoms with Crippen LogP contribution in [-0.2, 0) is 4.79 Å². The van der Waals surface area contributed by atoms with Crippen LogP contribution in [0, 0.1) is 0 Å². The predicted octanol–water partition coefficient (Wildman–Crippen LogP) is 2.47. The minimum atomic E-state index is 0.223. The fraction of sp³-hybridized carbons (Fsp3) is 0. The molecule has 0 aliphatic rings. The van der Waals surface area contributed by atoms with Crippen LogP contribution in [0.5, 0.6) is 5.75 Å². The number of carbonyl (C=O) groups is 1. The van der Waals surface area contributed by atoms with E-state index in [0.29, 0.717) is 23.1 Å². The lowest BCUT2D eigenvalue weighted by Crippen LogP contribution is -1.91. The number of hydrogen-bond acceptors (Lipinski definition) is 4. The molecule has 6 heteroatoms. The Morgan fingerprint density at radius 3 is 2.87 bits per heavy atom. The van der Waals surface area contributed by atoms with Crippen LogP contribution in [0.15, 0.2) is 18.3 Å². The first-order valence-electron chi connectivity index (χ1n) is 3.93. The molecule has 0 atom stereocenters. The van der Waals surface area contributed by atoms with E-state index in [0.717, 1.165) is 0 Å². The topological polar surface area (TPSA) is 52.1 Å². The van der Waals surface area contributed by atoms with Gasteiger partial charge in [-0.15, -0.1) is 0 Å². The van der Waals surface area contributed by atoms with Crippen LogP contribution in [0.25, 0.3) is 10.9 Å². The molecule has 0 radical (unpaired) electrons. The summed E-state index contributed by atoms with van der Waals surface area (Å²) in [7, 11) is 0. The number of nitrogens with zero attached hydrogens (tertiary/aromatic N) is 2. The van der Waals surface area contributed by atoms with Crippen LogP contribution >= 0.6 is 23.2 Å². The summed E-state index contributed by atoms with van der Waals surface area (Å²) >= 11 is 11.6. The summed E-state index contributed by atoms with van der Waals surface area (Å²) in [5.74, 6) is 0.309. The summed E-state index contributed by atoms with van der Waals surface area (Å²) in [6.45, 7) is 0.320. The highest BCUT2D eigenvalue weighted by Gasteiger charge is 2.05. The molecular formula is C9H4Cl2N2O2. The minimum Gasteiger partial charge on any atom is -0.427 e. The van der Waals surface area contributed by atoms with Crippen LogP contribution in [0.4, 0.5) is 0 Å². The Bertz CT molecular complexity index is 531. The van der Waals surface area contributed by atoms with Crippen molar-refractivity contribution in [1.82, 2.24) is 9.97 Å². The van der Waals surface area contributed by atoms with Crippen LogP contribution in [0.3, 0.4) is 0 Å². The summed E-state index contributed by atoms with van der Waals surface area (Å²) in [5.41, 5.74) is 0.596. The van der Waals surface area contributed by atoms with Gasteiger partial charge in [-0.05, 0) is 6.07 Å². The zero-order valence-corrected chi connectivity index (χ0v) is 8.79. The zero-order chi connectivity index (χ0) is 10.8. The third-order valence-electron chi connectivity index (χ3n) is 1.76. The summed E-state index contributed by atoms with van der Waals surface area (Å²) in [5, 5.41) is 1.07. The average molecular weight is 243 g/mol. The molecule has 2 rings (SSSR count). The van der Waals surface area contributed by atoms with Crippen LogP contribution in [0.2, 0.25) is 10.3 Å². The molecule has 0 unspecified atom stereocenters. The van der Waals surface area contributed by atoms with Crippen LogP contribution < -0.4 is 4.74 Å². The maximum atomic E-state index is 10.1. The fourth-order valence-corrected chi connectivity index (χ4v) is 1.63. The molecule has 0 aliphatic heterocycles. The highest BCUT2D eigenvalue weighted by molar-refractivity contribution is 6.36. The molecule has 0 saturated carbocycles. The lowest BCUT2D eigenvalue weighted by molar-refractivity contribution is -0.120. The predicted molar refractivity (Wildman–Crippen MR) is 56.3 cm³/mol. The molecule has 2 aromatic rings. The van der Waals surface area contributed by atoms with Gasteiger partial charge in [-0.25, -0.2) is 4.98 Å². The van der Waals surface area contributed by atoms with Gasteiger partial charge in [-0.3, -0.25) is 9.78 Å². The van der Waals surface area contributed by atoms with Crippen molar-refractivity contribution in [1.29, 1.82) is 0 Å². The van der Waals surface area contributed by atoms with Crippen molar-refractivity contribution in [3.05, 3.63) is 28.6 Å². The Morgan fingerprint density at radius 2 is 2.13 bits per heavy atom. The number of hydrogen-bond donors (Lipinski definition) is 0. The molecule has 2 aromatic heterocycles. The molecule has 0 spiro atoms. The first-order valence-corrected chi connectivity index (χ1v) is 4.68. The molecule has 0 bridgehead atoms. The first-order chi connectivity index (χ1) is 7.20. The summed E-state index contributed by atoms with van der Waals surface area (Å²) in [6.07, 6.45) is 1.41. The largest absolute Gasteiger partial charge is 0.427 e. The molecule has 15 heavy (non-hydrogen) atoms. The average Bonchev–Trinajstić information content (AvgIpc) is 2.19. The molecular weight excluding hydrogens is 239 g/mol. The van der Waals surface area contributed by atoms with Gasteiger partial charge in [0.2, 0.25) is 0 Å². The highest BCUT2D eigenvalue weighted by atomic mass is 35.5. The zero-order valence-electron chi connectivity index (χ0n) is 7.28. The fourth-order valence-electron chi connectivity index (χ4n) is 1.16. The van der Waals surface area contributed by atoms with Gasteiger partial charge in [-0.1, -0.05) is 23.2 Å². The van der Waals surface area contributed by atoms with Gasteiger partial charge >= 0.3 is 0 Å². The molecule has 76 valence electrons. The lowest BCUT2D eigenvalue weighted by Gasteiger charge is -2.02. The van der Waals surface area contributed by atoms with Crippen LogP contribution in [-0.4, -0.2) is 16.4 Å². The third-order valence-corrected chi connectivity index (χ3v) is 2.24. The number of halogens is 2. The van der Waals surface area contributed by atoms with Crippen molar-refractivity contribution in [2.75, 3.05) is 0 Å². The smallest absolute Gasteiger partial charge is 0.298 e. The van der Waals surface area contributed by atoms with Crippen molar-refractivity contribution >= 4 is 40.6 Å². The van der Waals surface area contributed by atoms with E-state index in [1.807, 2.05) is 0 Å². The number of carbonyl (C=O) groups excluding carboxylic acids is 1. The first kappa shape index (κ1) is 10.1. The minimum absolute atomic E-state index is 0.223. The van der Waals surface area contributed by atoms with E-state index in [9.17, 15) is 4.79 Å². The van der Waals surface area contributed by atoms with E-state index in [4.69, 9.17) is 23.2 Å². The highest BCUT2D eigenvalue weighted by Crippen LogP contribution is 2.26. The molecule has 0 fully saturated rings. The third kappa shape index (κ3) is 2.00. The van der Waals surface area contributed by atoms with Gasteiger partial charge in [0.05, 0.1) is 11.7 Å². The Balaban J connectivity index is 2.65. The summed E-state index contributed by atoms with van der Waals surface area (Å²) in [6, 6.07) is 3.15. The second-order valence-electron chi connectivity index (χ2n) is 2.69. The maximum Gasteiger partial charge on any atom is 0.298 e. The van der Waals surface area contributed by atoms with E-state index in [-0.39, 0.29) is 10.3 Å². The molecule has 0 saturated heterocycles. The van der Waals surface area contributed by atoms with Crippen molar-refractivity contribution in [3.63, 3.8) is 0 Å². The van der Waals surface area contributed by atoms with Gasteiger partial charge in [0.1, 0.15) is 16.1 Å². The molecule has 0 amide bonds. The maximum absolute atomic E-state index is 10.1. The molecule has 2 heterocycles. The Kier molecular flexibility index (Phi) is 2.70. The molecule has 0 aromatic carbocycles. The van der Waals surface area contributed by atoms with Gasteiger partial charge in [0.25, 0.3) is 6.47 Å². The molecule has 0 N–H and O–H groups in total. The summed E-state index contributed by atoms with van der Waals surface area (Å²) in [4.78, 5) is 18.0. The Morgan fingerprint density at radius 1 is 1.33 bits per heavy atom. The second kappa shape index (κ2) is 4.00. The van der Waals surface area contributed by atoms with Crippen molar-refractivity contribution in [3.8, 4) is 5.75 Å². The number of ether oxygens (including phenoxy) is 1. The van der Waals surface area contributed by atoms with Gasteiger partial charge < -0.3 is 4.74 Å². The van der Waals surface area contributed by atoms with Crippen molar-refractivity contribution in [2.45, 2.75) is 0 Å². The Hall–Kier alpha value is -1.39. The van der Waals surface area contributed by atoms with E-state index < -0.39 is 0 Å². The Labute approximate surface area is 94.8 Å². The normalized spacial score (nSPS) is 10.3. The number of aromatic nitrogens is 2. The van der Waals surface area contributed by atoms with Crippen molar-refractivity contribution < 1.29 is 9.53 Å². The molecule has 0 aliphatic carbocycles. The number of pyridine rings is 2.